The molecule has 0 fully saturated rings. The topological polar surface area (TPSA) is 59.4 Å². The molecule has 78 valence electrons. The zero-order valence-corrected chi connectivity index (χ0v) is 8.57. The van der Waals surface area contributed by atoms with Gasteiger partial charge in [-0.1, -0.05) is 5.92 Å². The van der Waals surface area contributed by atoms with Gasteiger partial charge < -0.3 is 9.84 Å². The molecule has 1 rings (SSSR count). The summed E-state index contributed by atoms with van der Waals surface area (Å²) in [5.41, 5.74) is 1.19. The van der Waals surface area contributed by atoms with Crippen molar-refractivity contribution in [1.29, 1.82) is 0 Å². The monoisotopic (exact) mass is 205 g/mol. The second kappa shape index (κ2) is 5.13. The minimum Gasteiger partial charge on any atom is -0.464 e. The van der Waals surface area contributed by atoms with E-state index in [0.29, 0.717) is 11.3 Å². The fourth-order valence-corrected chi connectivity index (χ4v) is 1.09. The Morgan fingerprint density at radius 1 is 1.60 bits per heavy atom. The number of hydrogen-bond acceptors (Lipinski definition) is 4. The highest BCUT2D eigenvalue weighted by molar-refractivity contribution is 5.87. The minimum atomic E-state index is -0.538. The van der Waals surface area contributed by atoms with E-state index in [2.05, 4.69) is 21.6 Å². The number of aliphatic hydroxyl groups excluding tert-OH is 1. The summed E-state index contributed by atoms with van der Waals surface area (Å²) in [7, 11) is 1.28. The van der Waals surface area contributed by atoms with Crippen molar-refractivity contribution in [3.05, 3.63) is 29.1 Å². The van der Waals surface area contributed by atoms with Crippen LogP contribution in [0, 0.1) is 11.8 Å². The van der Waals surface area contributed by atoms with Crippen LogP contribution < -0.4 is 0 Å². The third-order valence-corrected chi connectivity index (χ3v) is 1.70. The Hall–Kier alpha value is -1.86. The first-order chi connectivity index (χ1) is 7.21. The first-order valence-corrected chi connectivity index (χ1v) is 4.34. The van der Waals surface area contributed by atoms with E-state index in [1.807, 2.05) is 0 Å². The van der Waals surface area contributed by atoms with Crippen molar-refractivity contribution >= 4 is 5.97 Å². The van der Waals surface area contributed by atoms with Crippen LogP contribution >= 0.6 is 0 Å². The largest absolute Gasteiger partial charge is 0.464 e. The van der Waals surface area contributed by atoms with Gasteiger partial charge in [0.25, 0.3) is 0 Å². The van der Waals surface area contributed by atoms with E-state index in [0.717, 1.165) is 0 Å². The molecule has 0 spiro atoms. The van der Waals surface area contributed by atoms with Gasteiger partial charge in [-0.25, -0.2) is 9.78 Å². The first kappa shape index (κ1) is 11.2. The van der Waals surface area contributed by atoms with Crippen LogP contribution in [0.1, 0.15) is 28.7 Å². The summed E-state index contributed by atoms with van der Waals surface area (Å²) < 4.78 is 4.54. The van der Waals surface area contributed by atoms with Gasteiger partial charge in [-0.3, -0.25) is 0 Å². The van der Waals surface area contributed by atoms with E-state index < -0.39 is 5.97 Å². The molecule has 0 aliphatic rings. The number of pyridine rings is 1. The van der Waals surface area contributed by atoms with Crippen LogP contribution in [-0.4, -0.2) is 23.2 Å². The summed E-state index contributed by atoms with van der Waals surface area (Å²) in [6.07, 6.45) is 0. The highest BCUT2D eigenvalue weighted by Gasteiger charge is 2.09. The maximum absolute atomic E-state index is 11.2. The van der Waals surface area contributed by atoms with Crippen molar-refractivity contribution in [2.45, 2.75) is 13.5 Å². The Bertz CT molecular complexity index is 429. The fourth-order valence-electron chi connectivity index (χ4n) is 1.09. The summed E-state index contributed by atoms with van der Waals surface area (Å²) >= 11 is 0. The number of rotatable bonds is 2. The predicted octanol–water partition coefficient (Wildman–Crippen LogP) is 0.732. The Kier molecular flexibility index (Phi) is 3.83. The molecule has 0 atom stereocenters. The fraction of sp³-hybridized carbons (Fsp3) is 0.273. The second-order valence-electron chi connectivity index (χ2n) is 2.76. The van der Waals surface area contributed by atoms with Crippen molar-refractivity contribution in [3.8, 4) is 11.8 Å². The van der Waals surface area contributed by atoms with Gasteiger partial charge in [0.05, 0.1) is 19.4 Å². The molecule has 1 aromatic heterocycles. The molecule has 0 aliphatic heterocycles. The molecule has 15 heavy (non-hydrogen) atoms. The van der Waals surface area contributed by atoms with Crippen molar-refractivity contribution in [2.24, 2.45) is 0 Å². The number of carbonyl (C=O) groups is 1. The minimum absolute atomic E-state index is 0.154. The van der Waals surface area contributed by atoms with Crippen LogP contribution in [0.3, 0.4) is 0 Å². The lowest BCUT2D eigenvalue weighted by molar-refractivity contribution is 0.0593. The van der Waals surface area contributed by atoms with Gasteiger partial charge in [-0.2, -0.15) is 0 Å². The second-order valence-corrected chi connectivity index (χ2v) is 2.76. The molecule has 0 amide bonds. The molecule has 1 heterocycles. The van der Waals surface area contributed by atoms with Gasteiger partial charge in [0.2, 0.25) is 0 Å². The van der Waals surface area contributed by atoms with Crippen molar-refractivity contribution in [2.75, 3.05) is 7.11 Å². The van der Waals surface area contributed by atoms with Crippen LogP contribution in [0.2, 0.25) is 0 Å². The van der Waals surface area contributed by atoms with Crippen LogP contribution in [0.5, 0.6) is 0 Å². The Morgan fingerprint density at radius 2 is 2.33 bits per heavy atom. The molecule has 0 aliphatic carbocycles. The lowest BCUT2D eigenvalue weighted by atomic mass is 10.2. The zero-order valence-electron chi connectivity index (χ0n) is 8.57. The Balaban J connectivity index is 3.20. The van der Waals surface area contributed by atoms with Crippen LogP contribution in [0.15, 0.2) is 12.1 Å². The number of hydrogen-bond donors (Lipinski definition) is 1. The Labute approximate surface area is 87.9 Å². The molecule has 0 saturated carbocycles. The van der Waals surface area contributed by atoms with E-state index >= 15 is 0 Å². The van der Waals surface area contributed by atoms with Gasteiger partial charge in [0.15, 0.2) is 0 Å². The van der Waals surface area contributed by atoms with E-state index in [9.17, 15) is 4.79 Å². The quantitative estimate of drug-likeness (QED) is 0.571. The number of ether oxygens (including phenoxy) is 1. The number of aromatic nitrogens is 1. The average Bonchev–Trinajstić information content (AvgIpc) is 2.28. The van der Waals surface area contributed by atoms with Gasteiger partial charge >= 0.3 is 5.97 Å². The number of esters is 1. The number of nitrogens with zero attached hydrogens (tertiary/aromatic N) is 1. The highest BCUT2D eigenvalue weighted by atomic mass is 16.5. The maximum atomic E-state index is 11.2. The average molecular weight is 205 g/mol. The van der Waals surface area contributed by atoms with Crippen LogP contribution in [-0.2, 0) is 11.3 Å². The molecule has 4 heteroatoms. The lowest BCUT2D eigenvalue weighted by Gasteiger charge is -2.02. The predicted molar refractivity (Wildman–Crippen MR) is 54.1 cm³/mol. The van der Waals surface area contributed by atoms with Crippen molar-refractivity contribution in [1.82, 2.24) is 4.98 Å². The molecular formula is C11H11NO3. The van der Waals surface area contributed by atoms with E-state index in [1.165, 1.54) is 13.2 Å². The van der Waals surface area contributed by atoms with Crippen molar-refractivity contribution < 1.29 is 14.6 Å². The molecule has 1 aromatic rings. The van der Waals surface area contributed by atoms with E-state index in [1.54, 1.807) is 13.0 Å². The van der Waals surface area contributed by atoms with Gasteiger partial charge in [-0.15, -0.1) is 5.92 Å². The summed E-state index contributed by atoms with van der Waals surface area (Å²) in [6, 6.07) is 3.16. The van der Waals surface area contributed by atoms with Crippen LogP contribution in [0.25, 0.3) is 0 Å². The Morgan fingerprint density at radius 3 is 2.87 bits per heavy atom. The highest BCUT2D eigenvalue weighted by Crippen LogP contribution is 2.06. The molecule has 4 nitrogen and oxygen atoms in total. The normalized spacial score (nSPS) is 9.00. The smallest absolute Gasteiger partial charge is 0.356 e. The van der Waals surface area contributed by atoms with E-state index in [-0.39, 0.29) is 12.3 Å². The molecule has 0 unspecified atom stereocenters. The molecular weight excluding hydrogens is 194 g/mol. The number of aliphatic hydroxyl groups is 1. The van der Waals surface area contributed by atoms with Crippen molar-refractivity contribution in [3.63, 3.8) is 0 Å². The summed E-state index contributed by atoms with van der Waals surface area (Å²) in [6.45, 7) is 1.46. The summed E-state index contributed by atoms with van der Waals surface area (Å²) in [5.74, 6) is 4.96. The number of methoxy groups -OCH3 is 1. The molecule has 0 bridgehead atoms. The summed E-state index contributed by atoms with van der Waals surface area (Å²) in [5, 5.41) is 8.95. The first-order valence-electron chi connectivity index (χ1n) is 4.34. The third-order valence-electron chi connectivity index (χ3n) is 1.70. The molecule has 0 radical (unpaired) electrons. The third kappa shape index (κ3) is 2.79. The van der Waals surface area contributed by atoms with Gasteiger partial charge in [0.1, 0.15) is 5.69 Å². The molecule has 0 aromatic carbocycles. The SMILES string of the molecule is CC#Cc1cc(CO)nc(C(=O)OC)c1. The van der Waals surface area contributed by atoms with Gasteiger partial charge in [0, 0.05) is 5.56 Å². The standard InChI is InChI=1S/C11H11NO3/c1-3-4-8-5-9(7-13)12-10(6-8)11(14)15-2/h5-6,13H,7H2,1-2H3. The number of carbonyl (C=O) groups excluding carboxylic acids is 1. The zero-order chi connectivity index (χ0) is 11.3. The maximum Gasteiger partial charge on any atom is 0.356 e. The van der Waals surface area contributed by atoms with Gasteiger partial charge in [-0.05, 0) is 19.1 Å². The summed E-state index contributed by atoms with van der Waals surface area (Å²) in [4.78, 5) is 15.1. The lowest BCUT2D eigenvalue weighted by Crippen LogP contribution is -2.07. The molecule has 1 N–H and O–H groups in total. The van der Waals surface area contributed by atoms with Crippen LogP contribution in [0.4, 0.5) is 0 Å². The van der Waals surface area contributed by atoms with E-state index in [4.69, 9.17) is 5.11 Å². The molecule has 0 saturated heterocycles.